The van der Waals surface area contributed by atoms with Crippen molar-refractivity contribution in [3.05, 3.63) is 41.8 Å². The summed E-state index contributed by atoms with van der Waals surface area (Å²) in [5.41, 5.74) is 0.956. The van der Waals surface area contributed by atoms with Gasteiger partial charge in [-0.2, -0.15) is 5.10 Å². The van der Waals surface area contributed by atoms with Gasteiger partial charge in [0, 0.05) is 12.6 Å². The maximum absolute atomic E-state index is 13.0. The van der Waals surface area contributed by atoms with E-state index in [9.17, 15) is 9.18 Å². The van der Waals surface area contributed by atoms with Gasteiger partial charge < -0.3 is 5.11 Å². The number of carboxylic acid groups (broad SMARTS) is 1. The maximum Gasteiger partial charge on any atom is 0.339 e. The third-order valence-corrected chi connectivity index (χ3v) is 2.27. The van der Waals surface area contributed by atoms with Crippen LogP contribution < -0.4 is 0 Å². The van der Waals surface area contributed by atoms with E-state index in [4.69, 9.17) is 5.11 Å². The minimum absolute atomic E-state index is 0.0631. The highest BCUT2D eigenvalue weighted by Gasteiger charge is 2.16. The molecule has 0 atom stereocenters. The highest BCUT2D eigenvalue weighted by molar-refractivity contribution is 5.94. The Kier molecular flexibility index (Phi) is 2.44. The highest BCUT2D eigenvalue weighted by Crippen LogP contribution is 2.23. The Morgan fingerprint density at radius 3 is 2.88 bits per heavy atom. The SMILES string of the molecule is Cn1ncc(C(=O)O)c1-c1cccc(F)c1. The molecule has 2 rings (SSSR count). The molecule has 0 bridgehead atoms. The molecule has 0 aliphatic heterocycles. The zero-order chi connectivity index (χ0) is 11.7. The molecule has 16 heavy (non-hydrogen) atoms. The van der Waals surface area contributed by atoms with Crippen LogP contribution >= 0.6 is 0 Å². The summed E-state index contributed by atoms with van der Waals surface area (Å²) in [7, 11) is 1.62. The Labute approximate surface area is 90.9 Å². The Hall–Kier alpha value is -2.17. The molecule has 0 fully saturated rings. The van der Waals surface area contributed by atoms with Crippen LogP contribution in [0.15, 0.2) is 30.5 Å². The molecule has 0 saturated carbocycles. The molecule has 1 N–H and O–H groups in total. The molecule has 1 aromatic heterocycles. The van der Waals surface area contributed by atoms with Gasteiger partial charge in [0.2, 0.25) is 0 Å². The van der Waals surface area contributed by atoms with E-state index >= 15 is 0 Å². The van der Waals surface area contributed by atoms with Crippen molar-refractivity contribution in [1.82, 2.24) is 9.78 Å². The van der Waals surface area contributed by atoms with E-state index < -0.39 is 11.8 Å². The van der Waals surface area contributed by atoms with E-state index in [1.54, 1.807) is 13.1 Å². The predicted octanol–water partition coefficient (Wildman–Crippen LogP) is 1.92. The number of hydrogen-bond donors (Lipinski definition) is 1. The number of hydrogen-bond acceptors (Lipinski definition) is 2. The number of rotatable bonds is 2. The maximum atomic E-state index is 13.0. The second kappa shape index (κ2) is 3.77. The van der Waals surface area contributed by atoms with Crippen LogP contribution in [0.25, 0.3) is 11.3 Å². The second-order valence-corrected chi connectivity index (χ2v) is 3.35. The molecule has 5 heteroatoms. The van der Waals surface area contributed by atoms with Gasteiger partial charge in [-0.15, -0.1) is 0 Å². The minimum Gasteiger partial charge on any atom is -0.478 e. The van der Waals surface area contributed by atoms with E-state index in [0.29, 0.717) is 11.3 Å². The first-order valence-corrected chi connectivity index (χ1v) is 4.61. The quantitative estimate of drug-likeness (QED) is 0.841. The van der Waals surface area contributed by atoms with Gasteiger partial charge in [-0.25, -0.2) is 9.18 Å². The molecule has 0 radical (unpaired) electrons. The standard InChI is InChI=1S/C11H9FN2O2/c1-14-10(9(6-13-14)11(15)16)7-3-2-4-8(12)5-7/h2-6H,1H3,(H,15,16). The first-order chi connectivity index (χ1) is 7.59. The summed E-state index contributed by atoms with van der Waals surface area (Å²) in [6, 6.07) is 5.76. The van der Waals surface area contributed by atoms with Gasteiger partial charge in [-0.3, -0.25) is 4.68 Å². The average Bonchev–Trinajstić information content (AvgIpc) is 2.60. The minimum atomic E-state index is -1.08. The molecule has 2 aromatic rings. The van der Waals surface area contributed by atoms with Gasteiger partial charge in [0.1, 0.15) is 11.4 Å². The summed E-state index contributed by atoms with van der Waals surface area (Å²) in [5, 5.41) is 12.8. The van der Waals surface area contributed by atoms with Crippen molar-refractivity contribution in [1.29, 1.82) is 0 Å². The van der Waals surface area contributed by atoms with Crippen LogP contribution in [0.4, 0.5) is 4.39 Å². The lowest BCUT2D eigenvalue weighted by Crippen LogP contribution is -2.00. The van der Waals surface area contributed by atoms with Crippen LogP contribution in [0.2, 0.25) is 0 Å². The summed E-state index contributed by atoms with van der Waals surface area (Å²) in [4.78, 5) is 10.9. The summed E-state index contributed by atoms with van der Waals surface area (Å²) >= 11 is 0. The molecule has 4 nitrogen and oxygen atoms in total. The van der Waals surface area contributed by atoms with Crippen LogP contribution in [0.3, 0.4) is 0 Å². The van der Waals surface area contributed by atoms with Crippen molar-refractivity contribution >= 4 is 5.97 Å². The lowest BCUT2D eigenvalue weighted by atomic mass is 10.1. The topological polar surface area (TPSA) is 55.1 Å². The van der Waals surface area contributed by atoms with Gasteiger partial charge >= 0.3 is 5.97 Å². The van der Waals surface area contributed by atoms with E-state index in [0.717, 1.165) is 0 Å². The molecular formula is C11H9FN2O2. The van der Waals surface area contributed by atoms with E-state index in [1.807, 2.05) is 0 Å². The van der Waals surface area contributed by atoms with Gasteiger partial charge in [-0.05, 0) is 12.1 Å². The van der Waals surface area contributed by atoms with Crippen molar-refractivity contribution in [2.45, 2.75) is 0 Å². The summed E-state index contributed by atoms with van der Waals surface area (Å²) in [6.45, 7) is 0. The first kappa shape index (κ1) is 10.4. The van der Waals surface area contributed by atoms with Crippen molar-refractivity contribution in [3.63, 3.8) is 0 Å². The van der Waals surface area contributed by atoms with Crippen LogP contribution in [-0.2, 0) is 7.05 Å². The smallest absolute Gasteiger partial charge is 0.339 e. The summed E-state index contributed by atoms with van der Waals surface area (Å²) in [6.07, 6.45) is 1.25. The number of benzene rings is 1. The third kappa shape index (κ3) is 1.67. The van der Waals surface area contributed by atoms with Crippen LogP contribution in [0.5, 0.6) is 0 Å². The number of aromatic carboxylic acids is 1. The second-order valence-electron chi connectivity index (χ2n) is 3.35. The fourth-order valence-electron chi connectivity index (χ4n) is 1.57. The Bertz CT molecular complexity index is 549. The molecule has 0 saturated heterocycles. The fourth-order valence-corrected chi connectivity index (χ4v) is 1.57. The fraction of sp³-hybridized carbons (Fsp3) is 0.0909. The van der Waals surface area contributed by atoms with E-state index in [1.165, 1.54) is 29.1 Å². The molecule has 1 heterocycles. The largest absolute Gasteiger partial charge is 0.478 e. The Morgan fingerprint density at radius 1 is 1.50 bits per heavy atom. The molecular weight excluding hydrogens is 211 g/mol. The molecule has 0 unspecified atom stereocenters. The van der Waals surface area contributed by atoms with Gasteiger partial charge in [0.15, 0.2) is 0 Å². The number of aromatic nitrogens is 2. The number of nitrogens with zero attached hydrogens (tertiary/aromatic N) is 2. The molecule has 82 valence electrons. The van der Waals surface area contributed by atoms with Gasteiger partial charge in [0.05, 0.1) is 11.9 Å². The van der Waals surface area contributed by atoms with E-state index in [-0.39, 0.29) is 5.56 Å². The van der Waals surface area contributed by atoms with Gasteiger partial charge in [-0.1, -0.05) is 12.1 Å². The third-order valence-electron chi connectivity index (χ3n) is 2.27. The van der Waals surface area contributed by atoms with E-state index in [2.05, 4.69) is 5.10 Å². The highest BCUT2D eigenvalue weighted by atomic mass is 19.1. The Morgan fingerprint density at radius 2 is 2.25 bits per heavy atom. The lowest BCUT2D eigenvalue weighted by molar-refractivity contribution is 0.0697. The van der Waals surface area contributed by atoms with Crippen molar-refractivity contribution < 1.29 is 14.3 Å². The number of carbonyl (C=O) groups is 1. The van der Waals surface area contributed by atoms with Crippen LogP contribution in [0, 0.1) is 5.82 Å². The van der Waals surface area contributed by atoms with Crippen LogP contribution in [-0.4, -0.2) is 20.9 Å². The molecule has 0 spiro atoms. The lowest BCUT2D eigenvalue weighted by Gasteiger charge is -2.03. The molecule has 0 aliphatic rings. The molecule has 0 amide bonds. The zero-order valence-corrected chi connectivity index (χ0v) is 8.51. The predicted molar refractivity (Wildman–Crippen MR) is 55.6 cm³/mol. The number of carboxylic acids is 1. The average molecular weight is 220 g/mol. The molecule has 0 aliphatic carbocycles. The molecule has 1 aromatic carbocycles. The normalized spacial score (nSPS) is 10.4. The van der Waals surface area contributed by atoms with Crippen molar-refractivity contribution in [3.8, 4) is 11.3 Å². The Balaban J connectivity index is 2.63. The number of halogens is 1. The summed E-state index contributed by atoms with van der Waals surface area (Å²) in [5.74, 6) is -1.48. The summed E-state index contributed by atoms with van der Waals surface area (Å²) < 4.78 is 14.5. The van der Waals surface area contributed by atoms with Crippen molar-refractivity contribution in [2.75, 3.05) is 0 Å². The van der Waals surface area contributed by atoms with Crippen molar-refractivity contribution in [2.24, 2.45) is 7.05 Å². The number of aryl methyl sites for hydroxylation is 1. The zero-order valence-electron chi connectivity index (χ0n) is 8.51. The monoisotopic (exact) mass is 220 g/mol. The van der Waals surface area contributed by atoms with Crippen LogP contribution in [0.1, 0.15) is 10.4 Å². The van der Waals surface area contributed by atoms with Gasteiger partial charge in [0.25, 0.3) is 0 Å². The first-order valence-electron chi connectivity index (χ1n) is 4.61.